The van der Waals surface area contributed by atoms with Crippen LogP contribution >= 0.6 is 11.6 Å². The molecule has 12 heteroatoms. The summed E-state index contributed by atoms with van der Waals surface area (Å²) in [5.41, 5.74) is -0.155. The third-order valence-electron chi connectivity index (χ3n) is 6.56. The summed E-state index contributed by atoms with van der Waals surface area (Å²) < 4.78 is 85.2. The standard InChI is InChI=1S/C29H24ClF6N3O2/c1-17-24(26(40)41-2)25(19-9-13-22(30)14-10-19)38-27(37-15-20-5-3-4-6-23(20)29(34,35)36)39(17)16-18-7-11-21(12-8-18)28(31,32)33/h3-14,25H,15-16H2,1-2H3,(H,37,38). The smallest absolute Gasteiger partial charge is 0.416 e. The highest BCUT2D eigenvalue weighted by molar-refractivity contribution is 6.30. The Balaban J connectivity index is 1.81. The van der Waals surface area contributed by atoms with Gasteiger partial charge < -0.3 is 15.0 Å². The third kappa shape index (κ3) is 6.84. The Morgan fingerprint density at radius 3 is 2.17 bits per heavy atom. The number of methoxy groups -OCH3 is 1. The molecule has 0 fully saturated rings. The van der Waals surface area contributed by atoms with Gasteiger partial charge in [-0.1, -0.05) is 54.1 Å². The molecule has 0 spiro atoms. The van der Waals surface area contributed by atoms with Gasteiger partial charge in [0.05, 0.1) is 42.9 Å². The largest absolute Gasteiger partial charge is 0.466 e. The number of guanidine groups is 1. The number of carbonyl (C=O) groups excluding carboxylic acids is 1. The lowest BCUT2D eigenvalue weighted by Gasteiger charge is -2.38. The molecule has 3 aromatic carbocycles. The van der Waals surface area contributed by atoms with E-state index in [1.54, 1.807) is 31.2 Å². The lowest BCUT2D eigenvalue weighted by molar-refractivity contribution is -0.138. The number of nitrogens with zero attached hydrogens (tertiary/aromatic N) is 2. The minimum Gasteiger partial charge on any atom is -0.466 e. The summed E-state index contributed by atoms with van der Waals surface area (Å²) in [6, 6.07) is 15.2. The van der Waals surface area contributed by atoms with Gasteiger partial charge in [0.25, 0.3) is 0 Å². The molecule has 0 saturated carbocycles. The van der Waals surface area contributed by atoms with Crippen LogP contribution in [0.15, 0.2) is 89.1 Å². The molecule has 1 aliphatic heterocycles. The molecule has 0 aromatic heterocycles. The zero-order valence-corrected chi connectivity index (χ0v) is 22.5. The van der Waals surface area contributed by atoms with Crippen molar-refractivity contribution in [3.63, 3.8) is 0 Å². The van der Waals surface area contributed by atoms with Crippen LogP contribution in [-0.4, -0.2) is 23.9 Å². The average molecular weight is 596 g/mol. The number of esters is 1. The fourth-order valence-corrected chi connectivity index (χ4v) is 4.60. The summed E-state index contributed by atoms with van der Waals surface area (Å²) in [5, 5.41) is 3.58. The molecule has 0 saturated heterocycles. The maximum absolute atomic E-state index is 13.6. The summed E-state index contributed by atoms with van der Waals surface area (Å²) in [5.74, 6) is -0.555. The molecule has 5 nitrogen and oxygen atoms in total. The number of alkyl halides is 6. The van der Waals surface area contributed by atoms with Gasteiger partial charge in [-0.15, -0.1) is 0 Å². The van der Waals surface area contributed by atoms with Crippen molar-refractivity contribution in [3.8, 4) is 0 Å². The molecule has 3 aromatic rings. The number of hydrogen-bond acceptors (Lipinski definition) is 3. The first-order valence-electron chi connectivity index (χ1n) is 12.2. The van der Waals surface area contributed by atoms with Gasteiger partial charge in [0.15, 0.2) is 5.96 Å². The molecular formula is C29H24ClF6N3O2. The van der Waals surface area contributed by atoms with Gasteiger partial charge in [0, 0.05) is 10.7 Å². The second-order valence-corrected chi connectivity index (χ2v) is 9.63. The van der Waals surface area contributed by atoms with Crippen LogP contribution in [0.1, 0.15) is 40.8 Å². The van der Waals surface area contributed by atoms with Crippen molar-refractivity contribution < 1.29 is 35.9 Å². The fourth-order valence-electron chi connectivity index (χ4n) is 4.47. The van der Waals surface area contributed by atoms with E-state index in [0.717, 1.165) is 18.2 Å². The fraction of sp³-hybridized carbons (Fsp3) is 0.241. The number of hydrogen-bond donors (Lipinski definition) is 1. The topological polar surface area (TPSA) is 53.9 Å². The van der Waals surface area contributed by atoms with Gasteiger partial charge in [0.2, 0.25) is 0 Å². The van der Waals surface area contributed by atoms with Gasteiger partial charge in [-0.05, 0) is 53.9 Å². The molecular weight excluding hydrogens is 572 g/mol. The van der Waals surface area contributed by atoms with E-state index >= 15 is 0 Å². The predicted molar refractivity (Wildman–Crippen MR) is 142 cm³/mol. The number of rotatable bonds is 6. The van der Waals surface area contributed by atoms with E-state index in [1.165, 1.54) is 42.3 Å². The van der Waals surface area contributed by atoms with Crippen LogP contribution in [0, 0.1) is 0 Å². The van der Waals surface area contributed by atoms with Crippen LogP contribution in [0.4, 0.5) is 26.3 Å². The van der Waals surface area contributed by atoms with Gasteiger partial charge in [-0.2, -0.15) is 26.3 Å². The molecule has 0 amide bonds. The van der Waals surface area contributed by atoms with Crippen molar-refractivity contribution in [3.05, 3.63) is 117 Å². The number of halogens is 7. The van der Waals surface area contributed by atoms with E-state index in [2.05, 4.69) is 10.3 Å². The average Bonchev–Trinajstić information content (AvgIpc) is 2.92. The number of carbonyl (C=O) groups is 1. The van der Waals surface area contributed by atoms with Gasteiger partial charge in [-0.3, -0.25) is 0 Å². The summed E-state index contributed by atoms with van der Waals surface area (Å²) >= 11 is 6.04. The molecule has 0 bridgehead atoms. The molecule has 216 valence electrons. The van der Waals surface area contributed by atoms with Crippen LogP contribution in [0.3, 0.4) is 0 Å². The Labute approximate surface area is 237 Å². The molecule has 41 heavy (non-hydrogen) atoms. The van der Waals surface area contributed by atoms with Crippen molar-refractivity contribution in [2.45, 2.75) is 38.4 Å². The van der Waals surface area contributed by atoms with Crippen molar-refractivity contribution >= 4 is 23.5 Å². The zero-order valence-electron chi connectivity index (χ0n) is 21.8. The molecule has 1 N–H and O–H groups in total. The number of benzene rings is 3. The van der Waals surface area contributed by atoms with E-state index in [-0.39, 0.29) is 30.2 Å². The summed E-state index contributed by atoms with van der Waals surface area (Å²) in [6.45, 7) is 1.21. The normalized spacial score (nSPS) is 17.0. The molecule has 1 atom stereocenters. The number of allylic oxidation sites excluding steroid dienone is 1. The molecule has 1 heterocycles. The van der Waals surface area contributed by atoms with Gasteiger partial charge >= 0.3 is 18.3 Å². The second-order valence-electron chi connectivity index (χ2n) is 9.20. The Bertz CT molecular complexity index is 1470. The minimum atomic E-state index is -4.60. The first kappa shape index (κ1) is 30.0. The monoisotopic (exact) mass is 595 g/mol. The van der Waals surface area contributed by atoms with Gasteiger partial charge in [-0.25, -0.2) is 9.79 Å². The van der Waals surface area contributed by atoms with Crippen LogP contribution in [0.2, 0.25) is 5.02 Å². The van der Waals surface area contributed by atoms with E-state index in [4.69, 9.17) is 16.3 Å². The van der Waals surface area contributed by atoms with Crippen molar-refractivity contribution in [1.82, 2.24) is 10.2 Å². The van der Waals surface area contributed by atoms with E-state index in [1.807, 2.05) is 0 Å². The summed E-state index contributed by atoms with van der Waals surface area (Å²) in [4.78, 5) is 18.9. The lowest BCUT2D eigenvalue weighted by atomic mass is 9.94. The number of ether oxygens (including phenoxy) is 1. The van der Waals surface area contributed by atoms with Crippen LogP contribution in [0.5, 0.6) is 0 Å². The zero-order chi connectivity index (χ0) is 29.9. The Hall–Kier alpha value is -3.99. The highest BCUT2D eigenvalue weighted by Crippen LogP contribution is 2.35. The second kappa shape index (κ2) is 11.9. The predicted octanol–water partition coefficient (Wildman–Crippen LogP) is 7.53. The van der Waals surface area contributed by atoms with Crippen LogP contribution in [-0.2, 0) is 35.0 Å². The molecule has 1 unspecified atom stereocenters. The SMILES string of the molecule is COC(=O)C1=C(C)N(Cc2ccc(C(F)(F)F)cc2)C(=NCc2ccccc2C(F)(F)F)NC1c1ccc(Cl)cc1. The Morgan fingerprint density at radius 1 is 0.951 bits per heavy atom. The summed E-state index contributed by atoms with van der Waals surface area (Å²) in [7, 11) is 1.21. The third-order valence-corrected chi connectivity index (χ3v) is 6.82. The van der Waals surface area contributed by atoms with E-state index < -0.39 is 35.5 Å². The van der Waals surface area contributed by atoms with Crippen LogP contribution < -0.4 is 5.32 Å². The molecule has 0 radical (unpaired) electrons. The highest BCUT2D eigenvalue weighted by atomic mass is 35.5. The van der Waals surface area contributed by atoms with Crippen molar-refractivity contribution in [2.75, 3.05) is 7.11 Å². The van der Waals surface area contributed by atoms with Crippen molar-refractivity contribution in [2.24, 2.45) is 4.99 Å². The lowest BCUT2D eigenvalue weighted by Crippen LogP contribution is -2.48. The molecule has 0 aliphatic carbocycles. The van der Waals surface area contributed by atoms with E-state index in [0.29, 0.717) is 21.8 Å². The van der Waals surface area contributed by atoms with E-state index in [9.17, 15) is 31.1 Å². The Morgan fingerprint density at radius 2 is 1.59 bits per heavy atom. The Kier molecular flexibility index (Phi) is 8.67. The van der Waals surface area contributed by atoms with Gasteiger partial charge in [0.1, 0.15) is 0 Å². The quantitative estimate of drug-likeness (QED) is 0.236. The number of nitrogens with one attached hydrogen (secondary N) is 1. The first-order chi connectivity index (χ1) is 19.3. The first-order valence-corrected chi connectivity index (χ1v) is 12.6. The summed E-state index contributed by atoms with van der Waals surface area (Å²) in [6.07, 6.45) is -9.13. The van der Waals surface area contributed by atoms with Crippen LogP contribution in [0.25, 0.3) is 0 Å². The highest BCUT2D eigenvalue weighted by Gasteiger charge is 2.37. The maximum atomic E-state index is 13.6. The maximum Gasteiger partial charge on any atom is 0.416 e. The van der Waals surface area contributed by atoms with Crippen molar-refractivity contribution in [1.29, 1.82) is 0 Å². The number of aliphatic imine (C=N–C) groups is 1. The molecule has 1 aliphatic rings. The minimum absolute atomic E-state index is 0.0371. The molecule has 4 rings (SSSR count).